The summed E-state index contributed by atoms with van der Waals surface area (Å²) in [7, 11) is -9.48. The fourth-order valence-corrected chi connectivity index (χ4v) is 6.81. The van der Waals surface area contributed by atoms with Crippen LogP contribution in [-0.2, 0) is 33.3 Å². The van der Waals surface area contributed by atoms with Crippen LogP contribution in [0, 0.1) is 0 Å². The van der Waals surface area contributed by atoms with Crippen LogP contribution in [0.5, 0.6) is 0 Å². The smallest absolute Gasteiger partial charge is 0.295 e. The molecule has 0 atom stereocenters. The predicted octanol–water partition coefficient (Wildman–Crippen LogP) is 6.81. The molecule has 2 N–H and O–H groups in total. The first kappa shape index (κ1) is 33.7. The summed E-state index contributed by atoms with van der Waals surface area (Å²) in [5.74, 6) is 0. The van der Waals surface area contributed by atoms with Crippen LogP contribution >= 0.6 is 0 Å². The van der Waals surface area contributed by atoms with E-state index in [1.54, 1.807) is 0 Å². The average molecular weight is 670 g/mol. The maximum Gasteiger partial charge on any atom is 0.295 e. The van der Waals surface area contributed by atoms with E-state index in [0.717, 1.165) is 53.8 Å². The van der Waals surface area contributed by atoms with Crippen LogP contribution < -0.4 is 4.90 Å². The van der Waals surface area contributed by atoms with Gasteiger partial charge in [0.15, 0.2) is 12.3 Å². The highest BCUT2D eigenvalue weighted by Crippen LogP contribution is 2.36. The summed E-state index contributed by atoms with van der Waals surface area (Å²) in [6.07, 6.45) is 7.53. The Bertz CT molecular complexity index is 2070. The van der Waals surface area contributed by atoms with Gasteiger partial charge in [-0.3, -0.25) is 9.11 Å². The molecule has 1 aliphatic carbocycles. The first-order valence-electron chi connectivity index (χ1n) is 15.2. The third kappa shape index (κ3) is 8.22. The van der Waals surface area contributed by atoms with Crippen molar-refractivity contribution >= 4 is 37.2 Å². The fourth-order valence-electron chi connectivity index (χ4n) is 5.62. The molecule has 0 fully saturated rings. The minimum Gasteiger partial charge on any atom is -0.367 e. The van der Waals surface area contributed by atoms with Gasteiger partial charge < -0.3 is 4.90 Å². The number of allylic oxidation sites excluding steroid dienone is 5. The van der Waals surface area contributed by atoms with Crippen molar-refractivity contribution in [3.63, 3.8) is 0 Å². The third-order valence-corrected chi connectivity index (χ3v) is 9.80. The summed E-state index contributed by atoms with van der Waals surface area (Å²) in [4.78, 5) is 1.22. The maximum absolute atomic E-state index is 12.6. The highest BCUT2D eigenvalue weighted by atomic mass is 32.2. The van der Waals surface area contributed by atoms with Gasteiger partial charge in [0.1, 0.15) is 11.4 Å². The zero-order valence-corrected chi connectivity index (χ0v) is 27.8. The minimum atomic E-state index is -4.79. The van der Waals surface area contributed by atoms with E-state index in [1.165, 1.54) is 0 Å². The van der Waals surface area contributed by atoms with Crippen molar-refractivity contribution in [2.75, 3.05) is 18.0 Å². The monoisotopic (exact) mass is 669 g/mol. The van der Waals surface area contributed by atoms with Crippen LogP contribution in [0.4, 0.5) is 5.69 Å². The summed E-state index contributed by atoms with van der Waals surface area (Å²) in [5, 5.41) is 0. The molecule has 0 amide bonds. The summed E-state index contributed by atoms with van der Waals surface area (Å²) in [6.45, 7) is 6.99. The Labute approximate surface area is 276 Å². The molecule has 10 heteroatoms. The van der Waals surface area contributed by atoms with E-state index >= 15 is 0 Å². The second-order valence-corrected chi connectivity index (χ2v) is 13.9. The molecule has 242 valence electrons. The van der Waals surface area contributed by atoms with E-state index in [0.29, 0.717) is 29.8 Å². The van der Waals surface area contributed by atoms with E-state index in [-0.39, 0.29) is 5.56 Å². The number of benzene rings is 4. The van der Waals surface area contributed by atoms with Gasteiger partial charge in [0.2, 0.25) is 0 Å². The van der Waals surface area contributed by atoms with E-state index in [9.17, 15) is 25.9 Å². The first-order chi connectivity index (χ1) is 22.5. The van der Waals surface area contributed by atoms with Gasteiger partial charge in [-0.1, -0.05) is 72.8 Å². The van der Waals surface area contributed by atoms with Gasteiger partial charge in [0, 0.05) is 42.1 Å². The summed E-state index contributed by atoms with van der Waals surface area (Å²) in [6, 6.07) is 30.7. The lowest BCUT2D eigenvalue weighted by atomic mass is 9.90. The Morgan fingerprint density at radius 3 is 1.83 bits per heavy atom. The lowest BCUT2D eigenvalue weighted by Crippen LogP contribution is -2.21. The van der Waals surface area contributed by atoms with Crippen molar-refractivity contribution in [1.82, 2.24) is 0 Å². The van der Waals surface area contributed by atoms with Crippen LogP contribution in [0.25, 0.3) is 5.57 Å². The van der Waals surface area contributed by atoms with Crippen LogP contribution in [0.3, 0.4) is 0 Å². The molecular formula is C37H37N2O6S2+. The molecule has 0 radical (unpaired) electrons. The van der Waals surface area contributed by atoms with E-state index < -0.39 is 30.0 Å². The molecule has 4 aromatic rings. The number of hydrogen-bond acceptors (Lipinski definition) is 5. The van der Waals surface area contributed by atoms with Gasteiger partial charge in [-0.25, -0.2) is 4.58 Å². The van der Waals surface area contributed by atoms with Crippen molar-refractivity contribution in [3.05, 3.63) is 155 Å². The van der Waals surface area contributed by atoms with Gasteiger partial charge in [-0.05, 0) is 78.6 Å². The predicted molar refractivity (Wildman–Crippen MR) is 186 cm³/mol. The Kier molecular flexibility index (Phi) is 10.4. The van der Waals surface area contributed by atoms with Crippen molar-refractivity contribution in [2.45, 2.75) is 36.7 Å². The second kappa shape index (κ2) is 14.4. The average Bonchev–Trinajstić information content (AvgIpc) is 3.07. The molecular weight excluding hydrogens is 633 g/mol. The topological polar surface area (TPSA) is 115 Å². The standard InChI is InChI=1S/C37H36N2O6S2/c1-3-38(26-28-11-7-5-8-12-28)32-19-15-30(16-20-32)37(35-25-34(46(40,41)42)23-24-36(35)47(43,44)45)31-17-21-33(22-18-31)39(4-2)27-29-13-9-6-10-14-29/h5-25H,3-4,26-27H2,1-2H3,(H-,40,41,42,43,44,45)/p+1. The normalized spacial score (nSPS) is 13.1. The Balaban J connectivity index is 1.65. The molecule has 1 aliphatic rings. The van der Waals surface area contributed by atoms with Crippen LogP contribution in [0.1, 0.15) is 36.1 Å². The zero-order valence-electron chi connectivity index (χ0n) is 26.2. The molecule has 8 nitrogen and oxygen atoms in total. The molecule has 0 bridgehead atoms. The number of hydrogen-bond donors (Lipinski definition) is 2. The SMILES string of the molecule is CCN(Cc1ccccc1)c1ccc(C(=C2C=CC(=[N+](CC)Cc3ccccc3)C=C2)c2cc(S(=O)(=O)O)ccc2S(=O)(=O)O)cc1. The quantitative estimate of drug-likeness (QED) is 0.133. The lowest BCUT2D eigenvalue weighted by molar-refractivity contribution is -0.539. The number of rotatable bonds is 11. The molecule has 0 unspecified atom stereocenters. The fraction of sp³-hybridized carbons (Fsp3) is 0.162. The van der Waals surface area contributed by atoms with Crippen molar-refractivity contribution in [1.29, 1.82) is 0 Å². The highest BCUT2D eigenvalue weighted by molar-refractivity contribution is 7.86. The second-order valence-electron chi connectivity index (χ2n) is 11.1. The van der Waals surface area contributed by atoms with Crippen LogP contribution in [-0.4, -0.2) is 49.3 Å². The van der Waals surface area contributed by atoms with Crippen LogP contribution in [0.15, 0.2) is 143 Å². The van der Waals surface area contributed by atoms with Gasteiger partial charge in [0.25, 0.3) is 20.2 Å². The third-order valence-electron chi connectivity index (χ3n) is 8.03. The molecule has 47 heavy (non-hydrogen) atoms. The number of anilines is 1. The van der Waals surface area contributed by atoms with Crippen molar-refractivity contribution in [2.24, 2.45) is 0 Å². The van der Waals surface area contributed by atoms with Gasteiger partial charge >= 0.3 is 0 Å². The van der Waals surface area contributed by atoms with E-state index in [2.05, 4.69) is 47.6 Å². The van der Waals surface area contributed by atoms with Crippen molar-refractivity contribution in [3.8, 4) is 0 Å². The van der Waals surface area contributed by atoms with E-state index in [4.69, 9.17) is 0 Å². The summed E-state index contributed by atoms with van der Waals surface area (Å²) in [5.41, 5.74) is 5.68. The Hall–Kier alpha value is -4.61. The van der Waals surface area contributed by atoms with Crippen molar-refractivity contribution < 1.29 is 30.5 Å². The number of nitrogens with zero attached hydrogens (tertiary/aromatic N) is 2. The highest BCUT2D eigenvalue weighted by Gasteiger charge is 2.25. The molecule has 0 saturated heterocycles. The molecule has 0 saturated carbocycles. The van der Waals surface area contributed by atoms with Gasteiger partial charge in [0.05, 0.1) is 4.90 Å². The largest absolute Gasteiger partial charge is 0.367 e. The molecule has 4 aromatic carbocycles. The molecule has 0 aromatic heterocycles. The maximum atomic E-state index is 12.6. The first-order valence-corrected chi connectivity index (χ1v) is 18.1. The zero-order chi connectivity index (χ0) is 33.6. The summed E-state index contributed by atoms with van der Waals surface area (Å²) < 4.78 is 71.8. The molecule has 0 heterocycles. The summed E-state index contributed by atoms with van der Waals surface area (Å²) >= 11 is 0. The molecule has 0 spiro atoms. The minimum absolute atomic E-state index is 0.0589. The van der Waals surface area contributed by atoms with Gasteiger partial charge in [-0.15, -0.1) is 0 Å². The Morgan fingerprint density at radius 2 is 1.30 bits per heavy atom. The molecule has 0 aliphatic heterocycles. The lowest BCUT2D eigenvalue weighted by Gasteiger charge is -2.24. The van der Waals surface area contributed by atoms with Crippen LogP contribution in [0.2, 0.25) is 0 Å². The molecule has 5 rings (SSSR count). The van der Waals surface area contributed by atoms with Gasteiger partial charge in [-0.2, -0.15) is 16.8 Å². The Morgan fingerprint density at radius 1 is 0.702 bits per heavy atom. The van der Waals surface area contributed by atoms with E-state index in [1.807, 2.05) is 85.0 Å².